The number of rotatable bonds is 5. The molecule has 2 aliphatic rings. The van der Waals surface area contributed by atoms with Gasteiger partial charge in [-0.3, -0.25) is 4.98 Å². The van der Waals surface area contributed by atoms with E-state index in [1.165, 1.54) is 25.0 Å². The number of hydrogen-bond acceptors (Lipinski definition) is 5. The fourth-order valence-corrected chi connectivity index (χ4v) is 4.78. The second-order valence-electron chi connectivity index (χ2n) is 7.75. The van der Waals surface area contributed by atoms with Crippen LogP contribution in [-0.4, -0.2) is 27.1 Å². The molecule has 0 radical (unpaired) electrons. The summed E-state index contributed by atoms with van der Waals surface area (Å²) in [6, 6.07) is 12.6. The summed E-state index contributed by atoms with van der Waals surface area (Å²) in [6.07, 6.45) is 11.6. The van der Waals surface area contributed by atoms with Crippen molar-refractivity contribution >= 4 is 28.4 Å². The van der Waals surface area contributed by atoms with Crippen molar-refractivity contribution in [1.82, 2.24) is 9.29 Å². The minimum absolute atomic E-state index is 0.204. The SMILES string of the molecule is N#Cc1ccc(F)c(-c2cc(NC3C=CN(SC4CC4)CC3)c3cnccc3c2)c1. The van der Waals surface area contributed by atoms with Gasteiger partial charge in [0.05, 0.1) is 11.6 Å². The predicted octanol–water partition coefficient (Wildman–Crippen LogP) is 5.72. The molecule has 0 amide bonds. The second kappa shape index (κ2) is 8.00. The summed E-state index contributed by atoms with van der Waals surface area (Å²) in [6.45, 7) is 1.00. The van der Waals surface area contributed by atoms with Crippen LogP contribution in [-0.2, 0) is 0 Å². The molecule has 6 heteroatoms. The number of fused-ring (bicyclic) bond motifs is 1. The fourth-order valence-electron chi connectivity index (χ4n) is 3.70. The van der Waals surface area contributed by atoms with Crippen LogP contribution >= 0.6 is 11.9 Å². The molecule has 1 atom stereocenters. The number of benzene rings is 2. The zero-order valence-electron chi connectivity index (χ0n) is 16.4. The standard InChI is InChI=1S/C24H21FN4S/c25-23-4-1-16(14-26)11-21(23)18-12-17-5-8-27-15-22(17)24(13-18)28-19-6-9-29(10-7-19)30-20-2-3-20/h1,4-6,8-9,11-13,15,19-20,28H,2-3,7,10H2. The van der Waals surface area contributed by atoms with Gasteiger partial charge in [-0.25, -0.2) is 4.39 Å². The lowest BCUT2D eigenvalue weighted by Gasteiger charge is -2.28. The molecule has 150 valence electrons. The van der Waals surface area contributed by atoms with Gasteiger partial charge in [-0.1, -0.05) is 0 Å². The van der Waals surface area contributed by atoms with Crippen molar-refractivity contribution < 1.29 is 4.39 Å². The van der Waals surface area contributed by atoms with E-state index in [4.69, 9.17) is 0 Å². The van der Waals surface area contributed by atoms with Gasteiger partial charge >= 0.3 is 0 Å². The Bertz CT molecular complexity index is 1170. The van der Waals surface area contributed by atoms with Gasteiger partial charge in [-0.2, -0.15) is 5.26 Å². The molecule has 30 heavy (non-hydrogen) atoms. The monoisotopic (exact) mass is 416 g/mol. The number of nitrogens with one attached hydrogen (secondary N) is 1. The highest BCUT2D eigenvalue weighted by molar-refractivity contribution is 7.98. The lowest BCUT2D eigenvalue weighted by molar-refractivity contribution is 0.537. The van der Waals surface area contributed by atoms with Crippen molar-refractivity contribution in [3.05, 3.63) is 72.4 Å². The molecule has 1 aliphatic heterocycles. The first-order valence-electron chi connectivity index (χ1n) is 10.2. The first kappa shape index (κ1) is 19.0. The van der Waals surface area contributed by atoms with E-state index in [-0.39, 0.29) is 11.9 Å². The summed E-state index contributed by atoms with van der Waals surface area (Å²) in [5.74, 6) is -0.335. The maximum absolute atomic E-state index is 14.6. The van der Waals surface area contributed by atoms with Gasteiger partial charge in [0, 0.05) is 53.1 Å². The van der Waals surface area contributed by atoms with Crippen molar-refractivity contribution in [2.75, 3.05) is 11.9 Å². The molecule has 1 fully saturated rings. The van der Waals surface area contributed by atoms with Crippen LogP contribution < -0.4 is 5.32 Å². The molecule has 5 rings (SSSR count). The molecule has 0 saturated heterocycles. The number of nitriles is 1. The largest absolute Gasteiger partial charge is 0.378 e. The summed E-state index contributed by atoms with van der Waals surface area (Å²) in [5, 5.41) is 15.6. The lowest BCUT2D eigenvalue weighted by atomic mass is 9.98. The minimum atomic E-state index is -0.335. The van der Waals surface area contributed by atoms with E-state index in [1.54, 1.807) is 12.3 Å². The van der Waals surface area contributed by atoms with Crippen LogP contribution in [0, 0.1) is 17.1 Å². The summed E-state index contributed by atoms with van der Waals surface area (Å²) in [7, 11) is 0. The molecule has 1 unspecified atom stereocenters. The highest BCUT2D eigenvalue weighted by Gasteiger charge is 2.26. The molecule has 1 aliphatic carbocycles. The third-order valence-electron chi connectivity index (χ3n) is 5.46. The van der Waals surface area contributed by atoms with Crippen molar-refractivity contribution in [2.24, 2.45) is 0 Å². The lowest BCUT2D eigenvalue weighted by Crippen LogP contribution is -2.27. The normalized spacial score (nSPS) is 18.4. The Hall–Kier alpha value is -3.04. The van der Waals surface area contributed by atoms with Gasteiger partial charge in [0.15, 0.2) is 0 Å². The number of aromatic nitrogens is 1. The van der Waals surface area contributed by atoms with E-state index >= 15 is 0 Å². The quantitative estimate of drug-likeness (QED) is 0.539. The Morgan fingerprint density at radius 1 is 1.17 bits per heavy atom. The molecule has 2 aromatic carbocycles. The average Bonchev–Trinajstić information content (AvgIpc) is 3.59. The molecule has 0 spiro atoms. The van der Waals surface area contributed by atoms with Gasteiger partial charge in [-0.05, 0) is 84.6 Å². The smallest absolute Gasteiger partial charge is 0.131 e. The van der Waals surface area contributed by atoms with Gasteiger partial charge < -0.3 is 9.62 Å². The highest BCUT2D eigenvalue weighted by atomic mass is 32.2. The van der Waals surface area contributed by atoms with E-state index in [0.717, 1.165) is 40.2 Å². The Kier molecular flexibility index (Phi) is 5.06. The highest BCUT2D eigenvalue weighted by Crippen LogP contribution is 2.38. The number of pyridine rings is 1. The third kappa shape index (κ3) is 3.99. The Labute approximate surface area is 179 Å². The molecule has 4 nitrogen and oxygen atoms in total. The van der Waals surface area contributed by atoms with Gasteiger partial charge in [0.25, 0.3) is 0 Å². The predicted molar refractivity (Wildman–Crippen MR) is 120 cm³/mol. The molecule has 1 N–H and O–H groups in total. The number of hydrogen-bond donors (Lipinski definition) is 1. The van der Waals surface area contributed by atoms with E-state index in [1.807, 2.05) is 36.3 Å². The van der Waals surface area contributed by atoms with Gasteiger partial charge in [0.1, 0.15) is 5.82 Å². The van der Waals surface area contributed by atoms with Crippen LogP contribution in [0.15, 0.2) is 61.1 Å². The molecular weight excluding hydrogens is 395 g/mol. The van der Waals surface area contributed by atoms with Crippen LogP contribution in [0.4, 0.5) is 10.1 Å². The molecule has 2 heterocycles. The Balaban J connectivity index is 1.48. The molecule has 0 bridgehead atoms. The summed E-state index contributed by atoms with van der Waals surface area (Å²) in [4.78, 5) is 4.28. The number of nitrogens with zero attached hydrogens (tertiary/aromatic N) is 3. The molecule has 1 saturated carbocycles. The first-order chi connectivity index (χ1) is 14.7. The van der Waals surface area contributed by atoms with E-state index in [9.17, 15) is 9.65 Å². The van der Waals surface area contributed by atoms with Crippen LogP contribution in [0.5, 0.6) is 0 Å². The minimum Gasteiger partial charge on any atom is -0.378 e. The first-order valence-corrected chi connectivity index (χ1v) is 11.0. The van der Waals surface area contributed by atoms with Crippen LogP contribution in [0.25, 0.3) is 21.9 Å². The van der Waals surface area contributed by atoms with Crippen molar-refractivity contribution in [2.45, 2.75) is 30.6 Å². The van der Waals surface area contributed by atoms with Gasteiger partial charge in [-0.15, -0.1) is 0 Å². The zero-order chi connectivity index (χ0) is 20.5. The zero-order valence-corrected chi connectivity index (χ0v) is 17.2. The van der Waals surface area contributed by atoms with E-state index in [2.05, 4.69) is 33.0 Å². The van der Waals surface area contributed by atoms with E-state index < -0.39 is 0 Å². The van der Waals surface area contributed by atoms with Gasteiger partial charge in [0.2, 0.25) is 0 Å². The van der Waals surface area contributed by atoms with E-state index in [0.29, 0.717) is 11.1 Å². The summed E-state index contributed by atoms with van der Waals surface area (Å²) in [5.41, 5.74) is 2.55. The van der Waals surface area contributed by atoms with Crippen LogP contribution in [0.2, 0.25) is 0 Å². The van der Waals surface area contributed by atoms with Crippen LogP contribution in [0.3, 0.4) is 0 Å². The maximum Gasteiger partial charge on any atom is 0.131 e. The molecule has 1 aromatic heterocycles. The maximum atomic E-state index is 14.6. The Morgan fingerprint density at radius 3 is 2.83 bits per heavy atom. The topological polar surface area (TPSA) is 52.0 Å². The van der Waals surface area contributed by atoms with Crippen molar-refractivity contribution in [1.29, 1.82) is 5.26 Å². The Morgan fingerprint density at radius 2 is 2.07 bits per heavy atom. The second-order valence-corrected chi connectivity index (χ2v) is 9.10. The van der Waals surface area contributed by atoms with Crippen LogP contribution in [0.1, 0.15) is 24.8 Å². The summed E-state index contributed by atoms with van der Waals surface area (Å²) < 4.78 is 16.9. The average molecular weight is 417 g/mol. The number of anilines is 1. The molecule has 3 aromatic rings. The molecular formula is C24H21FN4S. The summed E-state index contributed by atoms with van der Waals surface area (Å²) >= 11 is 1.94. The third-order valence-corrected chi connectivity index (χ3v) is 6.80. The van der Waals surface area contributed by atoms with Crippen molar-refractivity contribution in [3.63, 3.8) is 0 Å². The fraction of sp³-hybridized carbons (Fsp3) is 0.250. The van der Waals surface area contributed by atoms with Crippen molar-refractivity contribution in [3.8, 4) is 17.2 Å². The number of halogens is 1.